The van der Waals surface area contributed by atoms with Gasteiger partial charge in [0.2, 0.25) is 0 Å². The third-order valence-corrected chi connectivity index (χ3v) is 4.41. The molecule has 0 amide bonds. The zero-order valence-electron chi connectivity index (χ0n) is 16.2. The fraction of sp³-hybridized carbons (Fsp3) is 0.174. The molecule has 2 atom stereocenters. The van der Waals surface area contributed by atoms with E-state index in [-0.39, 0.29) is 12.4 Å². The first-order valence-corrected chi connectivity index (χ1v) is 9.18. The van der Waals surface area contributed by atoms with Gasteiger partial charge in [-0.2, -0.15) is 0 Å². The largest absolute Gasteiger partial charge is 0.485 e. The SMILES string of the molecule is Cl.N[C@H](C(=O)O)[C@H](O)c1ccc(OCc2ccccc2)c(OCc2ccccc2)c1. The molecule has 0 radical (unpaired) electrons. The van der Waals surface area contributed by atoms with Gasteiger partial charge in [0.15, 0.2) is 11.5 Å². The van der Waals surface area contributed by atoms with Crippen LogP contribution >= 0.6 is 12.4 Å². The molecule has 30 heavy (non-hydrogen) atoms. The molecule has 4 N–H and O–H groups in total. The summed E-state index contributed by atoms with van der Waals surface area (Å²) >= 11 is 0. The first-order valence-electron chi connectivity index (χ1n) is 9.18. The summed E-state index contributed by atoms with van der Waals surface area (Å²) in [7, 11) is 0. The number of ether oxygens (including phenoxy) is 2. The number of carboxylic acid groups (broad SMARTS) is 1. The van der Waals surface area contributed by atoms with E-state index in [0.29, 0.717) is 30.3 Å². The molecule has 0 aliphatic carbocycles. The lowest BCUT2D eigenvalue weighted by Gasteiger charge is -2.18. The molecule has 3 aromatic rings. The number of nitrogens with two attached hydrogens (primary N) is 1. The maximum Gasteiger partial charge on any atom is 0.323 e. The summed E-state index contributed by atoms with van der Waals surface area (Å²) in [4.78, 5) is 11.1. The molecule has 0 aromatic heterocycles. The average Bonchev–Trinajstić information content (AvgIpc) is 2.76. The molecule has 0 fully saturated rings. The van der Waals surface area contributed by atoms with Crippen LogP contribution in [0.15, 0.2) is 78.9 Å². The Labute approximate surface area is 181 Å². The standard InChI is InChI=1S/C23H23NO5.ClH/c24-21(23(26)27)22(25)18-11-12-19(28-14-16-7-3-1-4-8-16)20(13-18)29-15-17-9-5-2-6-10-17;/h1-13,21-22,25H,14-15,24H2,(H,26,27);1H/t21-,22+;/m0./s1. The van der Waals surface area contributed by atoms with Crippen LogP contribution in [-0.2, 0) is 18.0 Å². The monoisotopic (exact) mass is 429 g/mol. The van der Waals surface area contributed by atoms with Crippen molar-refractivity contribution in [2.24, 2.45) is 5.73 Å². The Morgan fingerprint density at radius 3 is 1.83 bits per heavy atom. The van der Waals surface area contributed by atoms with Gasteiger partial charge >= 0.3 is 5.97 Å². The fourth-order valence-corrected chi connectivity index (χ4v) is 2.75. The van der Waals surface area contributed by atoms with E-state index < -0.39 is 18.1 Å². The summed E-state index contributed by atoms with van der Waals surface area (Å²) in [6.07, 6.45) is -1.37. The van der Waals surface area contributed by atoms with Crippen molar-refractivity contribution in [3.8, 4) is 11.5 Å². The molecule has 7 heteroatoms. The molecular formula is C23H24ClNO5. The molecular weight excluding hydrogens is 406 g/mol. The molecule has 158 valence electrons. The molecule has 6 nitrogen and oxygen atoms in total. The third kappa shape index (κ3) is 6.22. The molecule has 0 saturated carbocycles. The number of halogens is 1. The summed E-state index contributed by atoms with van der Waals surface area (Å²) in [6.45, 7) is 0.645. The van der Waals surface area contributed by atoms with Gasteiger partial charge in [0.25, 0.3) is 0 Å². The zero-order valence-corrected chi connectivity index (χ0v) is 17.0. The van der Waals surface area contributed by atoms with Gasteiger partial charge in [0, 0.05) is 0 Å². The second-order valence-corrected chi connectivity index (χ2v) is 6.56. The number of hydrogen-bond donors (Lipinski definition) is 3. The topological polar surface area (TPSA) is 102 Å². The van der Waals surface area contributed by atoms with Crippen LogP contribution in [-0.4, -0.2) is 22.2 Å². The van der Waals surface area contributed by atoms with Crippen molar-refractivity contribution in [1.82, 2.24) is 0 Å². The normalized spacial score (nSPS) is 12.3. The number of hydrogen-bond acceptors (Lipinski definition) is 5. The van der Waals surface area contributed by atoms with E-state index in [1.807, 2.05) is 60.7 Å². The second kappa shape index (κ2) is 11.2. The molecule has 3 aromatic carbocycles. The molecule has 0 bridgehead atoms. The van der Waals surface area contributed by atoms with Crippen LogP contribution < -0.4 is 15.2 Å². The highest BCUT2D eigenvalue weighted by atomic mass is 35.5. The molecule has 0 aliphatic heterocycles. The van der Waals surface area contributed by atoms with Crippen molar-refractivity contribution in [2.75, 3.05) is 0 Å². The van der Waals surface area contributed by atoms with Crippen LogP contribution in [0.1, 0.15) is 22.8 Å². The van der Waals surface area contributed by atoms with Crippen LogP contribution in [0.4, 0.5) is 0 Å². The van der Waals surface area contributed by atoms with Crippen molar-refractivity contribution in [2.45, 2.75) is 25.4 Å². The van der Waals surface area contributed by atoms with Gasteiger partial charge in [-0.05, 0) is 28.8 Å². The first kappa shape index (κ1) is 23.2. The lowest BCUT2D eigenvalue weighted by molar-refractivity contribution is -0.141. The summed E-state index contributed by atoms with van der Waals surface area (Å²) in [5.74, 6) is -0.391. The van der Waals surface area contributed by atoms with Crippen molar-refractivity contribution in [3.05, 3.63) is 95.6 Å². The Kier molecular flexibility index (Phi) is 8.68. The minimum Gasteiger partial charge on any atom is -0.485 e. The van der Waals surface area contributed by atoms with Crippen LogP contribution in [0.3, 0.4) is 0 Å². The number of aliphatic hydroxyl groups excluding tert-OH is 1. The minimum absolute atomic E-state index is 0. The lowest BCUT2D eigenvalue weighted by Crippen LogP contribution is -2.36. The van der Waals surface area contributed by atoms with Crippen molar-refractivity contribution in [1.29, 1.82) is 0 Å². The molecule has 0 aliphatic rings. The quantitative estimate of drug-likeness (QED) is 0.479. The number of aliphatic carboxylic acids is 1. The molecule has 3 rings (SSSR count). The van der Waals surface area contributed by atoms with Crippen LogP contribution in [0.25, 0.3) is 0 Å². The Balaban J connectivity index is 0.00000320. The van der Waals surface area contributed by atoms with Gasteiger partial charge in [-0.1, -0.05) is 66.7 Å². The van der Waals surface area contributed by atoms with E-state index in [9.17, 15) is 9.90 Å². The van der Waals surface area contributed by atoms with E-state index in [4.69, 9.17) is 20.3 Å². The van der Waals surface area contributed by atoms with E-state index in [1.165, 1.54) is 0 Å². The summed E-state index contributed by atoms with van der Waals surface area (Å²) in [6, 6.07) is 22.7. The second-order valence-electron chi connectivity index (χ2n) is 6.56. The molecule has 0 spiro atoms. The Bertz CT molecular complexity index is 937. The van der Waals surface area contributed by atoms with E-state index in [0.717, 1.165) is 11.1 Å². The van der Waals surface area contributed by atoms with Crippen LogP contribution in [0.2, 0.25) is 0 Å². The molecule has 0 heterocycles. The van der Waals surface area contributed by atoms with Gasteiger partial charge in [-0.15, -0.1) is 12.4 Å². The highest BCUT2D eigenvalue weighted by Crippen LogP contribution is 2.32. The number of aliphatic hydroxyl groups is 1. The maximum atomic E-state index is 11.1. The first-order chi connectivity index (χ1) is 14.0. The van der Waals surface area contributed by atoms with Crippen LogP contribution in [0, 0.1) is 0 Å². The number of carboxylic acids is 1. The Morgan fingerprint density at radius 2 is 1.33 bits per heavy atom. The van der Waals surface area contributed by atoms with Gasteiger partial charge in [-0.3, -0.25) is 4.79 Å². The summed E-state index contributed by atoms with van der Waals surface area (Å²) in [5.41, 5.74) is 7.87. The highest BCUT2D eigenvalue weighted by Gasteiger charge is 2.24. The number of rotatable bonds is 9. The number of benzene rings is 3. The third-order valence-electron chi connectivity index (χ3n) is 4.41. The van der Waals surface area contributed by atoms with Crippen LogP contribution in [0.5, 0.6) is 11.5 Å². The van der Waals surface area contributed by atoms with Gasteiger partial charge in [0.1, 0.15) is 25.4 Å². The fourth-order valence-electron chi connectivity index (χ4n) is 2.75. The van der Waals surface area contributed by atoms with Gasteiger partial charge in [0.05, 0.1) is 0 Å². The minimum atomic E-state index is -1.44. The van der Waals surface area contributed by atoms with Crippen molar-refractivity contribution in [3.63, 3.8) is 0 Å². The Morgan fingerprint density at radius 1 is 0.833 bits per heavy atom. The van der Waals surface area contributed by atoms with E-state index >= 15 is 0 Å². The van der Waals surface area contributed by atoms with Gasteiger partial charge in [-0.25, -0.2) is 0 Å². The number of carbonyl (C=O) groups is 1. The van der Waals surface area contributed by atoms with Crippen molar-refractivity contribution < 1.29 is 24.5 Å². The lowest BCUT2D eigenvalue weighted by atomic mass is 10.0. The van der Waals surface area contributed by atoms with Gasteiger partial charge < -0.3 is 25.4 Å². The summed E-state index contributed by atoms with van der Waals surface area (Å²) < 4.78 is 11.8. The Hall–Kier alpha value is -3.06. The molecule has 0 saturated heterocycles. The average molecular weight is 430 g/mol. The zero-order chi connectivity index (χ0) is 20.6. The predicted molar refractivity (Wildman–Crippen MR) is 116 cm³/mol. The molecule has 0 unspecified atom stereocenters. The highest BCUT2D eigenvalue weighted by molar-refractivity contribution is 5.85. The smallest absolute Gasteiger partial charge is 0.323 e. The predicted octanol–water partition coefficient (Wildman–Crippen LogP) is 3.71. The maximum absolute atomic E-state index is 11.1. The van der Waals surface area contributed by atoms with E-state index in [1.54, 1.807) is 18.2 Å². The summed E-state index contributed by atoms with van der Waals surface area (Å²) in [5, 5.41) is 19.3. The van der Waals surface area contributed by atoms with Crippen molar-refractivity contribution >= 4 is 18.4 Å². The van der Waals surface area contributed by atoms with E-state index in [2.05, 4.69) is 0 Å².